The quantitative estimate of drug-likeness (QED) is 0.890. The van der Waals surface area contributed by atoms with Gasteiger partial charge in [-0.3, -0.25) is 10.3 Å². The van der Waals surface area contributed by atoms with Crippen LogP contribution in [-0.4, -0.2) is 33.0 Å². The van der Waals surface area contributed by atoms with Gasteiger partial charge in [-0.15, -0.1) is 0 Å². The molecule has 2 aromatic rings. The van der Waals surface area contributed by atoms with Gasteiger partial charge >= 0.3 is 6.03 Å². The van der Waals surface area contributed by atoms with Crippen LogP contribution in [0, 0.1) is 23.1 Å². The van der Waals surface area contributed by atoms with Gasteiger partial charge in [0.2, 0.25) is 0 Å². The van der Waals surface area contributed by atoms with Gasteiger partial charge < -0.3 is 4.90 Å². The smallest absolute Gasteiger partial charge is 0.318 e. The van der Waals surface area contributed by atoms with Gasteiger partial charge in [-0.25, -0.2) is 14.2 Å². The molecule has 0 spiro atoms. The monoisotopic (exact) mass is 353 g/mol. The molecule has 1 N–H and O–H groups in total. The number of halogens is 1. The van der Waals surface area contributed by atoms with Crippen LogP contribution in [0.25, 0.3) is 11.1 Å². The molecule has 3 fully saturated rings. The van der Waals surface area contributed by atoms with Crippen LogP contribution in [0.4, 0.5) is 15.0 Å². The number of anilines is 1. The summed E-state index contributed by atoms with van der Waals surface area (Å²) in [6, 6.07) is 5.36. The molecule has 134 valence electrons. The summed E-state index contributed by atoms with van der Waals surface area (Å²) in [5, 5.41) is 12.1. The van der Waals surface area contributed by atoms with Crippen LogP contribution in [0.3, 0.4) is 0 Å². The number of amides is 2. The standard InChI is InChI=1S/C19H18FN5O.H2/c1-11-2-15-5-16(3-11)25(15)19(26)24-18-6-17(13(7-21)9-23-18)12-4-14(20)10-22-8-12;/h4,6,8-11,15-16H,2-3,5H2,1H3,(H,23,24,26);1H. The SMILES string of the molecule is CC1CC2CC(C1)N2C(=O)Nc1cc(-c2cncc(F)c2)c(C#N)cn1.[HH]. The molecule has 1 aliphatic carbocycles. The summed E-state index contributed by atoms with van der Waals surface area (Å²) in [6.07, 6.45) is 7.10. The van der Waals surface area contributed by atoms with Crippen LogP contribution in [0.15, 0.2) is 30.7 Å². The number of aromatic nitrogens is 2. The number of nitrogens with one attached hydrogen (secondary N) is 1. The van der Waals surface area contributed by atoms with E-state index < -0.39 is 5.82 Å². The van der Waals surface area contributed by atoms with Crippen LogP contribution >= 0.6 is 0 Å². The third-order valence-electron chi connectivity index (χ3n) is 5.19. The highest BCUT2D eigenvalue weighted by Gasteiger charge is 2.46. The predicted octanol–water partition coefficient (Wildman–Crippen LogP) is 3.81. The van der Waals surface area contributed by atoms with Gasteiger partial charge in [0.05, 0.1) is 11.8 Å². The van der Waals surface area contributed by atoms with E-state index in [4.69, 9.17) is 0 Å². The second-order valence-electron chi connectivity index (χ2n) is 7.08. The van der Waals surface area contributed by atoms with Gasteiger partial charge in [-0.05, 0) is 37.3 Å². The van der Waals surface area contributed by atoms with E-state index in [1.54, 1.807) is 6.07 Å². The zero-order chi connectivity index (χ0) is 18.3. The summed E-state index contributed by atoms with van der Waals surface area (Å²) in [7, 11) is 0. The van der Waals surface area contributed by atoms with E-state index in [1.165, 1.54) is 18.5 Å². The van der Waals surface area contributed by atoms with Crippen LogP contribution in [0.2, 0.25) is 0 Å². The zero-order valence-electron chi connectivity index (χ0n) is 14.3. The molecule has 2 saturated heterocycles. The summed E-state index contributed by atoms with van der Waals surface area (Å²) in [6.45, 7) is 2.22. The van der Waals surface area contributed by atoms with Crippen molar-refractivity contribution in [2.45, 2.75) is 38.3 Å². The average Bonchev–Trinajstić information content (AvgIpc) is 2.61. The Hall–Kier alpha value is -3.01. The van der Waals surface area contributed by atoms with Crippen molar-refractivity contribution < 1.29 is 10.6 Å². The first-order valence-electron chi connectivity index (χ1n) is 8.65. The Kier molecular flexibility index (Phi) is 4.03. The van der Waals surface area contributed by atoms with Crippen molar-refractivity contribution in [2.24, 2.45) is 5.92 Å². The molecule has 2 aromatic heterocycles. The normalized spacial score (nSPS) is 23.7. The number of hydrogen-bond acceptors (Lipinski definition) is 4. The summed E-state index contributed by atoms with van der Waals surface area (Å²) < 4.78 is 13.5. The fourth-order valence-electron chi connectivity index (χ4n) is 4.06. The summed E-state index contributed by atoms with van der Waals surface area (Å²) in [5.74, 6) is 0.505. The van der Waals surface area contributed by atoms with Crippen molar-refractivity contribution in [2.75, 3.05) is 5.32 Å². The van der Waals surface area contributed by atoms with Crippen LogP contribution in [0.5, 0.6) is 0 Å². The molecule has 2 bridgehead atoms. The lowest BCUT2D eigenvalue weighted by Gasteiger charge is -2.54. The molecule has 0 radical (unpaired) electrons. The van der Waals surface area contributed by atoms with E-state index in [2.05, 4.69) is 22.2 Å². The minimum atomic E-state index is -0.490. The topological polar surface area (TPSA) is 81.9 Å². The van der Waals surface area contributed by atoms with Gasteiger partial charge in [-0.2, -0.15) is 5.26 Å². The van der Waals surface area contributed by atoms with Crippen molar-refractivity contribution in [3.05, 3.63) is 42.1 Å². The number of pyridine rings is 2. The first-order chi connectivity index (χ1) is 12.5. The minimum Gasteiger partial charge on any atom is -0.318 e. The maximum atomic E-state index is 13.5. The number of urea groups is 1. The van der Waals surface area contributed by atoms with Crippen LogP contribution in [0.1, 0.15) is 33.2 Å². The van der Waals surface area contributed by atoms with E-state index in [0.29, 0.717) is 40.5 Å². The van der Waals surface area contributed by atoms with Gasteiger partial charge in [-0.1, -0.05) is 6.92 Å². The van der Waals surface area contributed by atoms with E-state index in [9.17, 15) is 14.4 Å². The Bertz CT molecular complexity index is 903. The Balaban J connectivity index is 0.00000210. The number of nitrogens with zero attached hydrogens (tertiary/aromatic N) is 4. The number of carbonyl (C=O) groups excluding carboxylic acids is 1. The molecular weight excluding hydrogens is 333 g/mol. The molecule has 2 aliphatic heterocycles. The molecule has 3 aliphatic rings. The highest BCUT2D eigenvalue weighted by atomic mass is 19.1. The molecule has 1 saturated carbocycles. The Labute approximate surface area is 152 Å². The third kappa shape index (κ3) is 2.88. The fraction of sp³-hybridized carbons (Fsp3) is 0.368. The highest BCUT2D eigenvalue weighted by Crippen LogP contribution is 2.41. The van der Waals surface area contributed by atoms with E-state index >= 15 is 0 Å². The fourth-order valence-corrected chi connectivity index (χ4v) is 4.06. The van der Waals surface area contributed by atoms with Crippen molar-refractivity contribution in [3.63, 3.8) is 0 Å². The van der Waals surface area contributed by atoms with Crippen molar-refractivity contribution in [3.8, 4) is 17.2 Å². The second kappa shape index (κ2) is 6.37. The number of carbonyl (C=O) groups is 1. The maximum Gasteiger partial charge on any atom is 0.323 e. The molecule has 7 heteroatoms. The largest absolute Gasteiger partial charge is 0.323 e. The Morgan fingerprint density at radius 1 is 1.31 bits per heavy atom. The van der Waals surface area contributed by atoms with Gasteiger partial charge in [0, 0.05) is 37.0 Å². The molecule has 0 aromatic carbocycles. The van der Waals surface area contributed by atoms with E-state index in [0.717, 1.165) is 25.5 Å². The number of rotatable bonds is 2. The minimum absolute atomic E-state index is 0. The summed E-state index contributed by atoms with van der Waals surface area (Å²) in [4.78, 5) is 22.5. The molecule has 5 rings (SSSR count). The number of hydrogen-bond donors (Lipinski definition) is 1. The van der Waals surface area contributed by atoms with Gasteiger partial charge in [0.15, 0.2) is 0 Å². The Morgan fingerprint density at radius 3 is 2.77 bits per heavy atom. The van der Waals surface area contributed by atoms with Gasteiger partial charge in [0.25, 0.3) is 0 Å². The zero-order valence-corrected chi connectivity index (χ0v) is 14.3. The lowest BCUT2D eigenvalue weighted by Crippen LogP contribution is -2.63. The number of nitriles is 1. The van der Waals surface area contributed by atoms with E-state index in [-0.39, 0.29) is 7.46 Å². The molecule has 4 heterocycles. The summed E-state index contributed by atoms with van der Waals surface area (Å²) in [5.41, 5.74) is 1.25. The number of piperidine rings is 1. The van der Waals surface area contributed by atoms with Crippen LogP contribution < -0.4 is 5.32 Å². The summed E-state index contributed by atoms with van der Waals surface area (Å²) >= 11 is 0. The van der Waals surface area contributed by atoms with E-state index in [1.807, 2.05) is 11.0 Å². The van der Waals surface area contributed by atoms with Crippen molar-refractivity contribution in [1.29, 1.82) is 5.26 Å². The Morgan fingerprint density at radius 2 is 2.08 bits per heavy atom. The lowest BCUT2D eigenvalue weighted by atomic mass is 9.74. The van der Waals surface area contributed by atoms with Crippen LogP contribution in [-0.2, 0) is 0 Å². The van der Waals surface area contributed by atoms with Gasteiger partial charge in [0.1, 0.15) is 17.7 Å². The second-order valence-corrected chi connectivity index (χ2v) is 7.08. The van der Waals surface area contributed by atoms with Crippen molar-refractivity contribution >= 4 is 11.8 Å². The predicted molar refractivity (Wildman–Crippen MR) is 95.7 cm³/mol. The first-order valence-corrected chi connectivity index (χ1v) is 8.65. The molecule has 2 unspecified atom stereocenters. The third-order valence-corrected chi connectivity index (χ3v) is 5.19. The molecular formula is C19H20FN5O. The molecule has 2 amide bonds. The average molecular weight is 353 g/mol. The van der Waals surface area contributed by atoms with Crippen molar-refractivity contribution in [1.82, 2.24) is 14.9 Å². The molecule has 26 heavy (non-hydrogen) atoms. The first kappa shape index (κ1) is 16.5. The molecule has 6 nitrogen and oxygen atoms in total. The molecule has 2 atom stereocenters. The highest BCUT2D eigenvalue weighted by molar-refractivity contribution is 5.90. The lowest BCUT2D eigenvalue weighted by molar-refractivity contribution is -0.00603. The number of fused-ring (bicyclic) bond motifs is 2. The maximum absolute atomic E-state index is 13.5.